The predicted octanol–water partition coefficient (Wildman–Crippen LogP) is 3.59. The summed E-state index contributed by atoms with van der Waals surface area (Å²) in [6.07, 6.45) is 0.355. The Morgan fingerprint density at radius 2 is 1.85 bits per heavy atom. The van der Waals surface area contributed by atoms with Gasteiger partial charge in [-0.05, 0) is 49.4 Å². The van der Waals surface area contributed by atoms with Gasteiger partial charge in [0, 0.05) is 24.7 Å². The lowest BCUT2D eigenvalue weighted by Crippen LogP contribution is -2.31. The molecule has 1 unspecified atom stereocenters. The Morgan fingerprint density at radius 3 is 2.55 bits per heavy atom. The molecular weight excluding hydrogens is 449 g/mol. The zero-order valence-electron chi connectivity index (χ0n) is 18.4. The summed E-state index contributed by atoms with van der Waals surface area (Å²) < 4.78 is 46.1. The summed E-state index contributed by atoms with van der Waals surface area (Å²) in [7, 11) is -3.91. The van der Waals surface area contributed by atoms with Gasteiger partial charge in [0.1, 0.15) is 5.82 Å². The van der Waals surface area contributed by atoms with Crippen LogP contribution in [0, 0.1) is 5.82 Å². The Morgan fingerprint density at radius 1 is 1.12 bits per heavy atom. The van der Waals surface area contributed by atoms with Gasteiger partial charge in [0.15, 0.2) is 6.10 Å². The molecule has 0 radical (unpaired) electrons. The molecule has 10 heteroatoms. The molecule has 0 spiro atoms. The van der Waals surface area contributed by atoms with Crippen molar-refractivity contribution in [3.05, 3.63) is 66.1 Å². The van der Waals surface area contributed by atoms with Crippen LogP contribution in [0.3, 0.4) is 0 Å². The molecule has 0 aliphatic heterocycles. The van der Waals surface area contributed by atoms with Crippen LogP contribution in [0.25, 0.3) is 10.9 Å². The molecule has 3 rings (SSSR count). The summed E-state index contributed by atoms with van der Waals surface area (Å²) in [6, 6.07) is 11.6. The molecule has 1 atom stereocenters. The van der Waals surface area contributed by atoms with Gasteiger partial charge in [-0.1, -0.05) is 19.9 Å². The van der Waals surface area contributed by atoms with Gasteiger partial charge in [-0.3, -0.25) is 9.78 Å². The van der Waals surface area contributed by atoms with Crippen molar-refractivity contribution in [2.24, 2.45) is 0 Å². The number of rotatable bonds is 8. The summed E-state index contributed by atoms with van der Waals surface area (Å²) in [5, 5.41) is 3.37. The highest BCUT2D eigenvalue weighted by molar-refractivity contribution is 7.89. The van der Waals surface area contributed by atoms with Gasteiger partial charge in [-0.15, -0.1) is 0 Å². The minimum atomic E-state index is -3.91. The highest BCUT2D eigenvalue weighted by atomic mass is 32.2. The molecule has 3 aromatic rings. The lowest BCUT2D eigenvalue weighted by atomic mass is 10.1. The van der Waals surface area contributed by atoms with Gasteiger partial charge in [0.05, 0.1) is 21.7 Å². The highest BCUT2D eigenvalue weighted by Crippen LogP contribution is 2.23. The molecule has 0 aliphatic rings. The Hall–Kier alpha value is -3.37. The standard InChI is InChI=1S/C23H24FN3O5S/c1-4-27(5-2)33(30,31)16-11-12-19(24)18(14-16)23(29)32-15(3)22(28)26-21-10-6-9-20-17(21)8-7-13-25-20/h6-15H,4-5H2,1-3H3,(H,26,28). The molecule has 0 fully saturated rings. The number of ether oxygens (including phenoxy) is 1. The molecule has 0 saturated heterocycles. The van der Waals surface area contributed by atoms with E-state index in [0.29, 0.717) is 16.6 Å². The largest absolute Gasteiger partial charge is 0.449 e. The maximum atomic E-state index is 14.3. The van der Waals surface area contributed by atoms with Crippen molar-refractivity contribution in [3.8, 4) is 0 Å². The Bertz CT molecular complexity index is 1290. The SMILES string of the molecule is CCN(CC)S(=O)(=O)c1ccc(F)c(C(=O)OC(C)C(=O)Nc2cccc3ncccc23)c1. The second kappa shape index (κ2) is 10.1. The molecule has 33 heavy (non-hydrogen) atoms. The third-order valence-electron chi connectivity index (χ3n) is 5.06. The van der Waals surface area contributed by atoms with Gasteiger partial charge in [-0.2, -0.15) is 4.31 Å². The number of nitrogens with one attached hydrogen (secondary N) is 1. The number of pyridine rings is 1. The average Bonchev–Trinajstić information content (AvgIpc) is 2.80. The molecule has 8 nitrogen and oxygen atoms in total. The summed E-state index contributed by atoms with van der Waals surface area (Å²) in [5.41, 5.74) is 0.581. The quantitative estimate of drug-likeness (QED) is 0.501. The number of amides is 1. The van der Waals surface area contributed by atoms with E-state index in [1.54, 1.807) is 50.4 Å². The van der Waals surface area contributed by atoms with E-state index in [9.17, 15) is 22.4 Å². The van der Waals surface area contributed by atoms with Crippen LogP contribution >= 0.6 is 0 Å². The monoisotopic (exact) mass is 473 g/mol. The van der Waals surface area contributed by atoms with Crippen LogP contribution in [-0.2, 0) is 19.6 Å². The van der Waals surface area contributed by atoms with Crippen molar-refractivity contribution in [2.45, 2.75) is 31.8 Å². The van der Waals surface area contributed by atoms with E-state index < -0.39 is 39.4 Å². The predicted molar refractivity (Wildman–Crippen MR) is 122 cm³/mol. The number of carbonyl (C=O) groups is 2. The second-order valence-corrected chi connectivity index (χ2v) is 9.08. The molecule has 2 aromatic carbocycles. The van der Waals surface area contributed by atoms with Crippen LogP contribution in [0.4, 0.5) is 10.1 Å². The first-order valence-corrected chi connectivity index (χ1v) is 11.8. The summed E-state index contributed by atoms with van der Waals surface area (Å²) in [5.74, 6) is -2.73. The number of halogens is 1. The first kappa shape index (κ1) is 24.3. The molecule has 1 heterocycles. The lowest BCUT2D eigenvalue weighted by Gasteiger charge is -2.19. The molecule has 0 aliphatic carbocycles. The van der Waals surface area contributed by atoms with Crippen molar-refractivity contribution in [2.75, 3.05) is 18.4 Å². The first-order chi connectivity index (χ1) is 15.7. The zero-order chi connectivity index (χ0) is 24.2. The molecule has 1 N–H and O–H groups in total. The number of esters is 1. The number of anilines is 1. The van der Waals surface area contributed by atoms with Crippen LogP contribution in [-0.4, -0.2) is 48.8 Å². The van der Waals surface area contributed by atoms with Crippen molar-refractivity contribution in [3.63, 3.8) is 0 Å². The van der Waals surface area contributed by atoms with E-state index in [0.717, 1.165) is 18.2 Å². The van der Waals surface area contributed by atoms with Gasteiger partial charge in [0.2, 0.25) is 10.0 Å². The van der Waals surface area contributed by atoms with E-state index in [-0.39, 0.29) is 18.0 Å². The van der Waals surface area contributed by atoms with Crippen molar-refractivity contribution in [1.82, 2.24) is 9.29 Å². The number of hydrogen-bond acceptors (Lipinski definition) is 6. The first-order valence-electron chi connectivity index (χ1n) is 10.3. The maximum absolute atomic E-state index is 14.3. The normalized spacial score (nSPS) is 12.5. The second-order valence-electron chi connectivity index (χ2n) is 7.14. The summed E-state index contributed by atoms with van der Waals surface area (Å²) >= 11 is 0. The third kappa shape index (κ3) is 5.18. The van der Waals surface area contributed by atoms with E-state index in [4.69, 9.17) is 4.74 Å². The Kier molecular flexibility index (Phi) is 7.39. The minimum Gasteiger partial charge on any atom is -0.449 e. The third-order valence-corrected chi connectivity index (χ3v) is 7.10. The van der Waals surface area contributed by atoms with Gasteiger partial charge in [-0.25, -0.2) is 17.6 Å². The van der Waals surface area contributed by atoms with Crippen LogP contribution < -0.4 is 5.32 Å². The zero-order valence-corrected chi connectivity index (χ0v) is 19.2. The van der Waals surface area contributed by atoms with Crippen molar-refractivity contribution in [1.29, 1.82) is 0 Å². The van der Waals surface area contributed by atoms with Gasteiger partial charge < -0.3 is 10.1 Å². The molecule has 0 bridgehead atoms. The fourth-order valence-electron chi connectivity index (χ4n) is 3.26. The molecule has 1 aromatic heterocycles. The number of carbonyl (C=O) groups excluding carboxylic acids is 2. The Labute approximate surface area is 191 Å². The maximum Gasteiger partial charge on any atom is 0.341 e. The Balaban J connectivity index is 1.78. The van der Waals surface area contributed by atoms with Gasteiger partial charge >= 0.3 is 5.97 Å². The molecule has 174 valence electrons. The molecular formula is C23H24FN3O5S. The van der Waals surface area contributed by atoms with Crippen LogP contribution in [0.2, 0.25) is 0 Å². The van der Waals surface area contributed by atoms with E-state index in [1.807, 2.05) is 0 Å². The fraction of sp³-hybridized carbons (Fsp3) is 0.261. The number of nitrogens with zero attached hydrogens (tertiary/aromatic N) is 2. The van der Waals surface area contributed by atoms with E-state index in [2.05, 4.69) is 10.3 Å². The lowest BCUT2D eigenvalue weighted by molar-refractivity contribution is -0.123. The minimum absolute atomic E-state index is 0.219. The van der Waals surface area contributed by atoms with Gasteiger partial charge in [0.25, 0.3) is 5.91 Å². The van der Waals surface area contributed by atoms with Crippen molar-refractivity contribution >= 4 is 38.5 Å². The fourth-order valence-corrected chi connectivity index (χ4v) is 4.74. The number of fused-ring (bicyclic) bond motifs is 1. The van der Waals surface area contributed by atoms with Crippen LogP contribution in [0.5, 0.6) is 0 Å². The smallest absolute Gasteiger partial charge is 0.341 e. The van der Waals surface area contributed by atoms with Crippen LogP contribution in [0.1, 0.15) is 31.1 Å². The average molecular weight is 474 g/mol. The summed E-state index contributed by atoms with van der Waals surface area (Å²) in [4.78, 5) is 29.1. The van der Waals surface area contributed by atoms with Crippen molar-refractivity contribution < 1.29 is 27.1 Å². The van der Waals surface area contributed by atoms with Crippen LogP contribution in [0.15, 0.2) is 59.6 Å². The van der Waals surface area contributed by atoms with E-state index in [1.165, 1.54) is 11.2 Å². The molecule has 0 saturated carbocycles. The topological polar surface area (TPSA) is 106 Å². The number of benzene rings is 2. The number of sulfonamides is 1. The molecule has 1 amide bonds. The number of aromatic nitrogens is 1. The number of hydrogen-bond donors (Lipinski definition) is 1. The highest BCUT2D eigenvalue weighted by Gasteiger charge is 2.26. The van der Waals surface area contributed by atoms with E-state index >= 15 is 0 Å². The summed E-state index contributed by atoms with van der Waals surface area (Å²) in [6.45, 7) is 5.12.